The molecule has 0 bridgehead atoms. The summed E-state index contributed by atoms with van der Waals surface area (Å²) in [5.74, 6) is 0. The molecule has 0 radical (unpaired) electrons. The molecule has 1 atom stereocenters. The van der Waals surface area contributed by atoms with Gasteiger partial charge in [0, 0.05) is 6.61 Å². The van der Waals surface area contributed by atoms with Crippen LogP contribution in [0.5, 0.6) is 0 Å². The number of nitrogens with zero attached hydrogens (tertiary/aromatic N) is 2. The smallest absolute Gasteiger partial charge is 0.101 e. The van der Waals surface area contributed by atoms with Gasteiger partial charge in [-0.3, -0.25) is 4.68 Å². The molecule has 1 fully saturated rings. The summed E-state index contributed by atoms with van der Waals surface area (Å²) in [5, 5.41) is 4.37. The molecule has 0 aliphatic carbocycles. The molecule has 1 aliphatic heterocycles. The summed E-state index contributed by atoms with van der Waals surface area (Å²) in [7, 11) is 0. The molecule has 0 saturated carbocycles. The lowest BCUT2D eigenvalue weighted by molar-refractivity contribution is 0.00752. The minimum atomic E-state index is -0.0479. The maximum Gasteiger partial charge on any atom is 0.101 e. The van der Waals surface area contributed by atoms with Gasteiger partial charge in [-0.05, 0) is 40.0 Å². The van der Waals surface area contributed by atoms with Crippen LogP contribution in [0.25, 0.3) is 0 Å². The van der Waals surface area contributed by atoms with Crippen LogP contribution in [-0.4, -0.2) is 16.4 Å². The lowest BCUT2D eigenvalue weighted by atomic mass is 10.0. The van der Waals surface area contributed by atoms with E-state index in [1.807, 2.05) is 4.68 Å². The van der Waals surface area contributed by atoms with Crippen LogP contribution in [0.3, 0.4) is 0 Å². The standard InChI is InChI=1S/C12H21N3O/c1-12(2,3)15-11(9(13)8-14-15)10-6-4-5-7-16-10/h8,10H,4-7,13H2,1-3H3. The van der Waals surface area contributed by atoms with E-state index in [9.17, 15) is 0 Å². The third-order valence-electron chi connectivity index (χ3n) is 2.96. The molecule has 0 amide bonds. The van der Waals surface area contributed by atoms with Gasteiger partial charge in [0.2, 0.25) is 0 Å². The van der Waals surface area contributed by atoms with E-state index in [4.69, 9.17) is 10.5 Å². The highest BCUT2D eigenvalue weighted by atomic mass is 16.5. The van der Waals surface area contributed by atoms with E-state index < -0.39 is 0 Å². The summed E-state index contributed by atoms with van der Waals surface area (Å²) < 4.78 is 7.80. The molecule has 1 aromatic rings. The minimum Gasteiger partial charge on any atom is -0.396 e. The molecule has 90 valence electrons. The maximum absolute atomic E-state index is 6.01. The number of anilines is 1. The average molecular weight is 223 g/mol. The first-order valence-electron chi connectivity index (χ1n) is 5.95. The summed E-state index contributed by atoms with van der Waals surface area (Å²) in [6.07, 6.45) is 5.26. The van der Waals surface area contributed by atoms with Crippen LogP contribution < -0.4 is 5.73 Å². The van der Waals surface area contributed by atoms with Gasteiger partial charge in [-0.1, -0.05) is 0 Å². The molecule has 1 aliphatic rings. The van der Waals surface area contributed by atoms with Crippen LogP contribution in [0.2, 0.25) is 0 Å². The SMILES string of the molecule is CC(C)(C)n1ncc(N)c1C1CCCCO1. The topological polar surface area (TPSA) is 53.1 Å². The van der Waals surface area contributed by atoms with Gasteiger partial charge >= 0.3 is 0 Å². The molecule has 1 saturated heterocycles. The Kier molecular flexibility index (Phi) is 2.93. The van der Waals surface area contributed by atoms with Crippen LogP contribution in [0.15, 0.2) is 6.20 Å². The first kappa shape index (κ1) is 11.5. The number of nitrogen functional groups attached to an aromatic ring is 1. The van der Waals surface area contributed by atoms with Crippen molar-refractivity contribution in [3.05, 3.63) is 11.9 Å². The lowest BCUT2D eigenvalue weighted by Crippen LogP contribution is -2.28. The highest BCUT2D eigenvalue weighted by molar-refractivity contribution is 5.43. The van der Waals surface area contributed by atoms with E-state index in [1.54, 1.807) is 6.20 Å². The van der Waals surface area contributed by atoms with E-state index in [0.717, 1.165) is 30.8 Å². The molecule has 2 N–H and O–H groups in total. The Hall–Kier alpha value is -1.03. The summed E-state index contributed by atoms with van der Waals surface area (Å²) in [6, 6.07) is 0. The Morgan fingerprint density at radius 2 is 2.19 bits per heavy atom. The Bertz CT molecular complexity index is 359. The summed E-state index contributed by atoms with van der Waals surface area (Å²) in [4.78, 5) is 0. The Morgan fingerprint density at radius 3 is 2.75 bits per heavy atom. The zero-order chi connectivity index (χ0) is 11.8. The Balaban J connectivity index is 2.34. The quantitative estimate of drug-likeness (QED) is 0.795. The molecule has 4 heteroatoms. The number of nitrogens with two attached hydrogens (primary N) is 1. The Morgan fingerprint density at radius 1 is 1.44 bits per heavy atom. The molecule has 1 aromatic heterocycles. The van der Waals surface area contributed by atoms with Crippen molar-refractivity contribution in [3.63, 3.8) is 0 Å². The fourth-order valence-electron chi connectivity index (χ4n) is 2.18. The van der Waals surface area contributed by atoms with Gasteiger partial charge in [0.1, 0.15) is 6.10 Å². The van der Waals surface area contributed by atoms with Crippen LogP contribution >= 0.6 is 0 Å². The van der Waals surface area contributed by atoms with E-state index in [0.29, 0.717) is 0 Å². The second-order valence-corrected chi connectivity index (χ2v) is 5.42. The van der Waals surface area contributed by atoms with Crippen molar-refractivity contribution >= 4 is 5.69 Å². The highest BCUT2D eigenvalue weighted by Crippen LogP contribution is 2.33. The van der Waals surface area contributed by atoms with E-state index >= 15 is 0 Å². The number of ether oxygens (including phenoxy) is 1. The van der Waals surface area contributed by atoms with E-state index in [2.05, 4.69) is 25.9 Å². The normalized spacial score (nSPS) is 22.3. The fourth-order valence-corrected chi connectivity index (χ4v) is 2.18. The minimum absolute atomic E-state index is 0.0479. The van der Waals surface area contributed by atoms with Crippen LogP contribution in [0.1, 0.15) is 51.8 Å². The maximum atomic E-state index is 6.01. The number of hydrogen-bond donors (Lipinski definition) is 1. The third-order valence-corrected chi connectivity index (χ3v) is 2.96. The predicted octanol–water partition coefficient (Wildman–Crippen LogP) is 2.46. The zero-order valence-electron chi connectivity index (χ0n) is 10.4. The van der Waals surface area contributed by atoms with Gasteiger partial charge in [0.05, 0.1) is 23.1 Å². The van der Waals surface area contributed by atoms with Crippen molar-refractivity contribution < 1.29 is 4.74 Å². The van der Waals surface area contributed by atoms with Gasteiger partial charge < -0.3 is 10.5 Å². The van der Waals surface area contributed by atoms with Crippen molar-refractivity contribution in [1.29, 1.82) is 0 Å². The molecule has 2 heterocycles. The van der Waals surface area contributed by atoms with Crippen molar-refractivity contribution in [2.24, 2.45) is 0 Å². The van der Waals surface area contributed by atoms with Crippen molar-refractivity contribution in [2.75, 3.05) is 12.3 Å². The van der Waals surface area contributed by atoms with Crippen molar-refractivity contribution in [2.45, 2.75) is 51.7 Å². The average Bonchev–Trinajstić information content (AvgIpc) is 2.61. The van der Waals surface area contributed by atoms with Crippen LogP contribution in [-0.2, 0) is 10.3 Å². The van der Waals surface area contributed by atoms with Crippen LogP contribution in [0, 0.1) is 0 Å². The van der Waals surface area contributed by atoms with Crippen LogP contribution in [0.4, 0.5) is 5.69 Å². The highest BCUT2D eigenvalue weighted by Gasteiger charge is 2.27. The molecule has 1 unspecified atom stereocenters. The van der Waals surface area contributed by atoms with Gasteiger partial charge in [0.15, 0.2) is 0 Å². The third kappa shape index (κ3) is 2.07. The molecule has 0 aromatic carbocycles. The monoisotopic (exact) mass is 223 g/mol. The summed E-state index contributed by atoms with van der Waals surface area (Å²) in [6.45, 7) is 7.22. The van der Waals surface area contributed by atoms with E-state index in [1.165, 1.54) is 6.42 Å². The molecular weight excluding hydrogens is 202 g/mol. The van der Waals surface area contributed by atoms with Gasteiger partial charge in [0.25, 0.3) is 0 Å². The summed E-state index contributed by atoms with van der Waals surface area (Å²) in [5.41, 5.74) is 7.76. The van der Waals surface area contributed by atoms with Crippen molar-refractivity contribution in [3.8, 4) is 0 Å². The Labute approximate surface area is 96.8 Å². The molecule has 2 rings (SSSR count). The number of aromatic nitrogens is 2. The molecule has 16 heavy (non-hydrogen) atoms. The first-order valence-corrected chi connectivity index (χ1v) is 5.95. The summed E-state index contributed by atoms with van der Waals surface area (Å²) >= 11 is 0. The fraction of sp³-hybridized carbons (Fsp3) is 0.750. The molecular formula is C12H21N3O. The largest absolute Gasteiger partial charge is 0.396 e. The predicted molar refractivity (Wildman–Crippen MR) is 64.2 cm³/mol. The molecule has 0 spiro atoms. The van der Waals surface area contributed by atoms with Crippen molar-refractivity contribution in [1.82, 2.24) is 9.78 Å². The number of hydrogen-bond acceptors (Lipinski definition) is 3. The van der Waals surface area contributed by atoms with E-state index in [-0.39, 0.29) is 11.6 Å². The number of rotatable bonds is 1. The van der Waals surface area contributed by atoms with Gasteiger partial charge in [-0.2, -0.15) is 5.10 Å². The van der Waals surface area contributed by atoms with Gasteiger partial charge in [-0.25, -0.2) is 0 Å². The second-order valence-electron chi connectivity index (χ2n) is 5.42. The van der Waals surface area contributed by atoms with Gasteiger partial charge in [-0.15, -0.1) is 0 Å². The first-order chi connectivity index (χ1) is 7.50. The molecule has 4 nitrogen and oxygen atoms in total. The zero-order valence-corrected chi connectivity index (χ0v) is 10.4. The lowest BCUT2D eigenvalue weighted by Gasteiger charge is -2.29. The second kappa shape index (κ2) is 4.09.